The lowest BCUT2D eigenvalue weighted by molar-refractivity contribution is -0.384. The summed E-state index contributed by atoms with van der Waals surface area (Å²) < 4.78 is 0. The summed E-state index contributed by atoms with van der Waals surface area (Å²) in [6, 6.07) is 5.16. The number of nitro benzene ring substituents is 1. The normalized spacial score (nSPS) is 21.7. The molecule has 0 spiro atoms. The average Bonchev–Trinajstić information content (AvgIpc) is 3.26. The molecule has 2 fully saturated rings. The molecule has 7 nitrogen and oxygen atoms in total. The van der Waals surface area contributed by atoms with Crippen molar-refractivity contribution in [1.82, 2.24) is 14.9 Å². The predicted octanol–water partition coefficient (Wildman–Crippen LogP) is 2.60. The zero-order chi connectivity index (χ0) is 16.5. The van der Waals surface area contributed by atoms with Gasteiger partial charge >= 0.3 is 0 Å². The van der Waals surface area contributed by atoms with Crippen molar-refractivity contribution >= 4 is 22.5 Å². The summed E-state index contributed by atoms with van der Waals surface area (Å²) >= 11 is 0. The summed E-state index contributed by atoms with van der Waals surface area (Å²) in [6.07, 6.45) is 6.74. The molecule has 0 aliphatic carbocycles. The van der Waals surface area contributed by atoms with Crippen molar-refractivity contribution in [2.24, 2.45) is 0 Å². The van der Waals surface area contributed by atoms with E-state index in [0.29, 0.717) is 17.1 Å². The zero-order valence-corrected chi connectivity index (χ0v) is 13.6. The van der Waals surface area contributed by atoms with Crippen molar-refractivity contribution in [3.05, 3.63) is 34.5 Å². The van der Waals surface area contributed by atoms with E-state index >= 15 is 0 Å². The van der Waals surface area contributed by atoms with E-state index in [1.807, 2.05) is 0 Å². The Morgan fingerprint density at radius 3 is 2.79 bits per heavy atom. The first-order valence-electron chi connectivity index (χ1n) is 8.61. The van der Waals surface area contributed by atoms with Crippen molar-refractivity contribution in [3.63, 3.8) is 0 Å². The molecule has 2 saturated heterocycles. The van der Waals surface area contributed by atoms with Crippen LogP contribution in [-0.2, 0) is 0 Å². The largest absolute Gasteiger partial charge is 0.351 e. The number of hydrogen-bond acceptors (Lipinski definition) is 6. The van der Waals surface area contributed by atoms with E-state index in [9.17, 15) is 10.1 Å². The second-order valence-corrected chi connectivity index (χ2v) is 6.66. The minimum absolute atomic E-state index is 0.0534. The van der Waals surface area contributed by atoms with Crippen LogP contribution >= 0.6 is 0 Å². The number of likely N-dealkylation sites (tertiary alicyclic amines) is 1. The molecule has 24 heavy (non-hydrogen) atoms. The Morgan fingerprint density at radius 2 is 2.00 bits per heavy atom. The molecule has 0 unspecified atom stereocenters. The van der Waals surface area contributed by atoms with Crippen molar-refractivity contribution in [3.8, 4) is 0 Å². The van der Waals surface area contributed by atoms with Gasteiger partial charge in [-0.3, -0.25) is 15.1 Å². The van der Waals surface area contributed by atoms with Gasteiger partial charge in [0.05, 0.1) is 22.2 Å². The number of aromatic nitrogens is 2. The molecule has 3 heterocycles. The van der Waals surface area contributed by atoms with Gasteiger partial charge in [-0.1, -0.05) is 0 Å². The van der Waals surface area contributed by atoms with Crippen LogP contribution < -0.4 is 4.90 Å². The standard InChI is InChI=1S/C17H21N5O2/c23-22(24)13-5-6-15-16(10-13)18-11-17(19-15)21-9-3-4-14(21)12-20-7-1-2-8-20/h5-6,10-11,14H,1-4,7-9,12H2/t14-/m0/s1. The Kier molecular flexibility index (Phi) is 4.02. The Labute approximate surface area is 140 Å². The number of hydrogen-bond donors (Lipinski definition) is 0. The van der Waals surface area contributed by atoms with E-state index in [0.717, 1.165) is 18.9 Å². The Balaban J connectivity index is 1.58. The molecule has 4 rings (SSSR count). The molecule has 0 N–H and O–H groups in total. The zero-order valence-electron chi connectivity index (χ0n) is 13.6. The second kappa shape index (κ2) is 6.32. The number of non-ortho nitro benzene ring substituents is 1. The van der Waals surface area contributed by atoms with Gasteiger partial charge in [-0.15, -0.1) is 0 Å². The van der Waals surface area contributed by atoms with Crippen LogP contribution in [0.5, 0.6) is 0 Å². The topological polar surface area (TPSA) is 75.4 Å². The predicted molar refractivity (Wildman–Crippen MR) is 92.2 cm³/mol. The van der Waals surface area contributed by atoms with Crippen LogP contribution in [0.1, 0.15) is 25.7 Å². The quantitative estimate of drug-likeness (QED) is 0.635. The first-order valence-corrected chi connectivity index (χ1v) is 8.61. The third-order valence-corrected chi connectivity index (χ3v) is 5.06. The molecule has 1 aromatic heterocycles. The number of benzene rings is 1. The van der Waals surface area contributed by atoms with Crippen LogP contribution in [0.4, 0.5) is 11.5 Å². The van der Waals surface area contributed by atoms with E-state index in [2.05, 4.69) is 14.8 Å². The number of nitrogens with zero attached hydrogens (tertiary/aromatic N) is 5. The molecule has 2 aliphatic rings. The molecule has 2 aliphatic heterocycles. The van der Waals surface area contributed by atoms with Crippen molar-refractivity contribution in [2.75, 3.05) is 31.1 Å². The molecule has 1 atom stereocenters. The molecule has 1 aromatic carbocycles. The average molecular weight is 327 g/mol. The second-order valence-electron chi connectivity index (χ2n) is 6.66. The highest BCUT2D eigenvalue weighted by molar-refractivity contribution is 5.78. The van der Waals surface area contributed by atoms with E-state index in [1.54, 1.807) is 12.3 Å². The van der Waals surface area contributed by atoms with Crippen LogP contribution in [0.2, 0.25) is 0 Å². The summed E-state index contributed by atoms with van der Waals surface area (Å²) in [5.41, 5.74) is 1.34. The third kappa shape index (κ3) is 2.91. The molecular formula is C17H21N5O2. The molecule has 126 valence electrons. The molecule has 0 radical (unpaired) electrons. The van der Waals surface area contributed by atoms with Crippen LogP contribution in [0.25, 0.3) is 11.0 Å². The van der Waals surface area contributed by atoms with Gasteiger partial charge in [-0.2, -0.15) is 0 Å². The molecule has 0 amide bonds. The van der Waals surface area contributed by atoms with Gasteiger partial charge in [-0.05, 0) is 44.8 Å². The molecule has 2 aromatic rings. The lowest BCUT2D eigenvalue weighted by Crippen LogP contribution is -2.39. The van der Waals surface area contributed by atoms with Crippen LogP contribution in [0, 0.1) is 10.1 Å². The number of nitro groups is 1. The summed E-state index contributed by atoms with van der Waals surface area (Å²) in [5.74, 6) is 0.887. The van der Waals surface area contributed by atoms with Gasteiger partial charge in [0.1, 0.15) is 5.82 Å². The molecular weight excluding hydrogens is 306 g/mol. The highest BCUT2D eigenvalue weighted by atomic mass is 16.6. The maximum Gasteiger partial charge on any atom is 0.271 e. The highest BCUT2D eigenvalue weighted by Gasteiger charge is 2.28. The van der Waals surface area contributed by atoms with Gasteiger partial charge < -0.3 is 9.80 Å². The van der Waals surface area contributed by atoms with Gasteiger partial charge in [-0.25, -0.2) is 4.98 Å². The fraction of sp³-hybridized carbons (Fsp3) is 0.529. The van der Waals surface area contributed by atoms with E-state index in [4.69, 9.17) is 4.98 Å². The van der Waals surface area contributed by atoms with Crippen molar-refractivity contribution in [1.29, 1.82) is 0 Å². The monoisotopic (exact) mass is 327 g/mol. The van der Waals surface area contributed by atoms with Gasteiger partial charge in [0.25, 0.3) is 5.69 Å². The minimum atomic E-state index is -0.401. The number of anilines is 1. The van der Waals surface area contributed by atoms with Crippen LogP contribution in [-0.4, -0.2) is 52.0 Å². The maximum absolute atomic E-state index is 10.9. The smallest absolute Gasteiger partial charge is 0.271 e. The van der Waals surface area contributed by atoms with Crippen molar-refractivity contribution < 1.29 is 4.92 Å². The Bertz CT molecular complexity index is 760. The lowest BCUT2D eigenvalue weighted by atomic mass is 10.2. The maximum atomic E-state index is 10.9. The molecule has 0 saturated carbocycles. The SMILES string of the molecule is O=[N+]([O-])c1ccc2nc(N3CCC[C@H]3CN3CCCC3)cnc2c1. The first-order chi connectivity index (χ1) is 11.7. The molecule has 0 bridgehead atoms. The van der Waals surface area contributed by atoms with E-state index in [1.165, 1.54) is 50.9 Å². The van der Waals surface area contributed by atoms with E-state index < -0.39 is 4.92 Å². The van der Waals surface area contributed by atoms with Gasteiger partial charge in [0.2, 0.25) is 0 Å². The summed E-state index contributed by atoms with van der Waals surface area (Å²) in [4.78, 5) is 24.5. The summed E-state index contributed by atoms with van der Waals surface area (Å²) in [5, 5.41) is 10.9. The molecule has 7 heteroatoms. The third-order valence-electron chi connectivity index (χ3n) is 5.06. The first kappa shape index (κ1) is 15.3. The fourth-order valence-corrected chi connectivity index (χ4v) is 3.83. The summed E-state index contributed by atoms with van der Waals surface area (Å²) in [6.45, 7) is 4.51. The van der Waals surface area contributed by atoms with Gasteiger partial charge in [0.15, 0.2) is 0 Å². The lowest BCUT2D eigenvalue weighted by Gasteiger charge is -2.29. The van der Waals surface area contributed by atoms with Gasteiger partial charge in [0, 0.05) is 31.3 Å². The Hall–Kier alpha value is -2.28. The fourth-order valence-electron chi connectivity index (χ4n) is 3.83. The van der Waals surface area contributed by atoms with E-state index in [-0.39, 0.29) is 5.69 Å². The Morgan fingerprint density at radius 1 is 1.17 bits per heavy atom. The van der Waals surface area contributed by atoms with Crippen molar-refractivity contribution in [2.45, 2.75) is 31.7 Å². The highest BCUT2D eigenvalue weighted by Crippen LogP contribution is 2.27. The number of fused-ring (bicyclic) bond motifs is 1. The van der Waals surface area contributed by atoms with Crippen LogP contribution in [0.15, 0.2) is 24.4 Å². The minimum Gasteiger partial charge on any atom is -0.351 e. The van der Waals surface area contributed by atoms with Crippen LogP contribution in [0.3, 0.4) is 0 Å². The number of rotatable bonds is 4. The summed E-state index contributed by atoms with van der Waals surface area (Å²) in [7, 11) is 0.